The molecule has 0 aliphatic carbocycles. The number of carbonyl (C=O) groups is 2. The van der Waals surface area contributed by atoms with Crippen LogP contribution in [0.3, 0.4) is 0 Å². The summed E-state index contributed by atoms with van der Waals surface area (Å²) in [5, 5.41) is 0.561. The molecule has 0 radical (unpaired) electrons. The Hall–Kier alpha value is -1.55. The van der Waals surface area contributed by atoms with Gasteiger partial charge in [-0.2, -0.15) is 0 Å². The summed E-state index contributed by atoms with van der Waals surface area (Å²) >= 11 is 6.03. The lowest BCUT2D eigenvalue weighted by Gasteiger charge is -2.32. The zero-order valence-electron chi connectivity index (χ0n) is 13.4. The molecular formula is C17H23ClN2O2. The second-order valence-electron chi connectivity index (χ2n) is 6.10. The number of amides is 2. The second kappa shape index (κ2) is 7.14. The largest absolute Gasteiger partial charge is 0.341 e. The number of halogens is 1. The number of piperidine rings is 1. The lowest BCUT2D eigenvalue weighted by atomic mass is 9.99. The van der Waals surface area contributed by atoms with Crippen LogP contribution in [0.2, 0.25) is 5.02 Å². The van der Waals surface area contributed by atoms with E-state index < -0.39 is 0 Å². The summed E-state index contributed by atoms with van der Waals surface area (Å²) in [5.74, 6) is 0.522. The predicted molar refractivity (Wildman–Crippen MR) is 89.2 cm³/mol. The molecule has 22 heavy (non-hydrogen) atoms. The molecule has 0 bridgehead atoms. The molecule has 1 aromatic carbocycles. The number of aryl methyl sites for hydroxylation is 1. The van der Waals surface area contributed by atoms with Crippen molar-refractivity contribution in [3.05, 3.63) is 28.8 Å². The van der Waals surface area contributed by atoms with Crippen LogP contribution in [0.5, 0.6) is 0 Å². The van der Waals surface area contributed by atoms with Crippen LogP contribution in [-0.4, -0.2) is 36.3 Å². The lowest BCUT2D eigenvalue weighted by Crippen LogP contribution is -2.45. The number of likely N-dealkylation sites (tertiary alicyclic amines) is 1. The number of rotatable bonds is 3. The summed E-state index contributed by atoms with van der Waals surface area (Å²) in [7, 11) is 0. The maximum Gasteiger partial charge on any atom is 0.242 e. The van der Waals surface area contributed by atoms with Gasteiger partial charge in [0, 0.05) is 30.7 Å². The van der Waals surface area contributed by atoms with Gasteiger partial charge in [-0.05, 0) is 43.4 Å². The first-order valence-electron chi connectivity index (χ1n) is 7.70. The first kappa shape index (κ1) is 16.8. The molecule has 0 N–H and O–H groups in total. The Labute approximate surface area is 137 Å². The van der Waals surface area contributed by atoms with Crippen LogP contribution < -0.4 is 4.90 Å². The van der Waals surface area contributed by atoms with Crippen molar-refractivity contribution < 1.29 is 9.59 Å². The molecule has 1 aromatic rings. The van der Waals surface area contributed by atoms with Crippen molar-refractivity contribution in [3.63, 3.8) is 0 Å². The summed E-state index contributed by atoms with van der Waals surface area (Å²) in [5.41, 5.74) is 1.64. The standard InChI is InChI=1S/C17H23ClN2O2/c1-12-6-8-19(9-7-12)17(22)11-20(14(3)21)16-10-15(18)5-4-13(16)2/h4-5,10,12H,6-9,11H2,1-3H3. The molecular weight excluding hydrogens is 300 g/mol. The van der Waals surface area contributed by atoms with E-state index in [0.717, 1.165) is 31.5 Å². The van der Waals surface area contributed by atoms with Gasteiger partial charge in [0.15, 0.2) is 0 Å². The molecule has 2 rings (SSSR count). The molecule has 1 fully saturated rings. The number of anilines is 1. The van der Waals surface area contributed by atoms with E-state index in [9.17, 15) is 9.59 Å². The van der Waals surface area contributed by atoms with E-state index in [-0.39, 0.29) is 18.4 Å². The van der Waals surface area contributed by atoms with E-state index in [2.05, 4.69) is 6.92 Å². The molecule has 0 atom stereocenters. The third-order valence-corrected chi connectivity index (χ3v) is 4.51. The smallest absolute Gasteiger partial charge is 0.242 e. The number of carbonyl (C=O) groups excluding carboxylic acids is 2. The average molecular weight is 323 g/mol. The van der Waals surface area contributed by atoms with Gasteiger partial charge in [-0.3, -0.25) is 9.59 Å². The van der Waals surface area contributed by atoms with E-state index >= 15 is 0 Å². The van der Waals surface area contributed by atoms with Crippen molar-refractivity contribution in [2.24, 2.45) is 5.92 Å². The molecule has 1 heterocycles. The fourth-order valence-corrected chi connectivity index (χ4v) is 2.90. The number of nitrogens with zero attached hydrogens (tertiary/aromatic N) is 2. The average Bonchev–Trinajstić information content (AvgIpc) is 2.47. The highest BCUT2D eigenvalue weighted by Gasteiger charge is 2.24. The van der Waals surface area contributed by atoms with Gasteiger partial charge in [-0.25, -0.2) is 0 Å². The molecule has 1 saturated heterocycles. The van der Waals surface area contributed by atoms with Crippen molar-refractivity contribution in [3.8, 4) is 0 Å². The van der Waals surface area contributed by atoms with Gasteiger partial charge in [0.05, 0.1) is 0 Å². The minimum absolute atomic E-state index is 0.00137. The Morgan fingerprint density at radius 3 is 2.55 bits per heavy atom. The van der Waals surface area contributed by atoms with Gasteiger partial charge >= 0.3 is 0 Å². The van der Waals surface area contributed by atoms with Crippen LogP contribution in [0, 0.1) is 12.8 Å². The number of hydrogen-bond donors (Lipinski definition) is 0. The maximum atomic E-state index is 12.5. The van der Waals surface area contributed by atoms with E-state index in [4.69, 9.17) is 11.6 Å². The summed E-state index contributed by atoms with van der Waals surface area (Å²) in [6.07, 6.45) is 2.06. The van der Waals surface area contributed by atoms with E-state index in [1.54, 1.807) is 12.1 Å². The summed E-state index contributed by atoms with van der Waals surface area (Å²) < 4.78 is 0. The van der Waals surface area contributed by atoms with Gasteiger partial charge in [-0.1, -0.05) is 24.6 Å². The fraction of sp³-hybridized carbons (Fsp3) is 0.529. The Balaban J connectivity index is 2.14. The molecule has 0 unspecified atom stereocenters. The maximum absolute atomic E-state index is 12.5. The Kier molecular flexibility index (Phi) is 5.46. The van der Waals surface area contributed by atoms with E-state index in [0.29, 0.717) is 16.6 Å². The Morgan fingerprint density at radius 1 is 1.32 bits per heavy atom. The minimum atomic E-state index is -0.149. The van der Waals surface area contributed by atoms with Crippen LogP contribution in [0.4, 0.5) is 5.69 Å². The van der Waals surface area contributed by atoms with Crippen LogP contribution in [0.1, 0.15) is 32.3 Å². The topological polar surface area (TPSA) is 40.6 Å². The predicted octanol–water partition coefficient (Wildman–Crippen LogP) is 3.26. The van der Waals surface area contributed by atoms with Crippen molar-refractivity contribution in [2.45, 2.75) is 33.6 Å². The van der Waals surface area contributed by atoms with Crippen molar-refractivity contribution in [1.82, 2.24) is 4.90 Å². The summed E-state index contributed by atoms with van der Waals surface area (Å²) in [6, 6.07) is 5.39. The molecule has 120 valence electrons. The Bertz CT molecular complexity index is 566. The number of benzene rings is 1. The Morgan fingerprint density at radius 2 is 1.95 bits per heavy atom. The molecule has 0 aromatic heterocycles. The van der Waals surface area contributed by atoms with Crippen LogP contribution in [0.15, 0.2) is 18.2 Å². The highest BCUT2D eigenvalue weighted by Crippen LogP contribution is 2.25. The molecule has 0 spiro atoms. The normalized spacial score (nSPS) is 15.7. The van der Waals surface area contributed by atoms with Gasteiger partial charge in [0.1, 0.15) is 6.54 Å². The zero-order valence-corrected chi connectivity index (χ0v) is 14.2. The summed E-state index contributed by atoms with van der Waals surface area (Å²) in [6.45, 7) is 7.23. The first-order valence-corrected chi connectivity index (χ1v) is 8.08. The third kappa shape index (κ3) is 4.01. The van der Waals surface area contributed by atoms with Gasteiger partial charge in [-0.15, -0.1) is 0 Å². The third-order valence-electron chi connectivity index (χ3n) is 4.27. The van der Waals surface area contributed by atoms with Crippen molar-refractivity contribution in [1.29, 1.82) is 0 Å². The lowest BCUT2D eigenvalue weighted by molar-refractivity contribution is -0.132. The second-order valence-corrected chi connectivity index (χ2v) is 6.54. The molecule has 0 saturated carbocycles. The van der Waals surface area contributed by atoms with Crippen LogP contribution in [0.25, 0.3) is 0 Å². The van der Waals surface area contributed by atoms with Gasteiger partial charge < -0.3 is 9.80 Å². The molecule has 1 aliphatic rings. The highest BCUT2D eigenvalue weighted by molar-refractivity contribution is 6.31. The molecule has 5 heteroatoms. The van der Waals surface area contributed by atoms with Crippen molar-refractivity contribution >= 4 is 29.1 Å². The SMILES string of the molecule is CC(=O)N(CC(=O)N1CCC(C)CC1)c1cc(Cl)ccc1C. The first-order chi connectivity index (χ1) is 10.4. The van der Waals surface area contributed by atoms with E-state index in [1.807, 2.05) is 17.9 Å². The molecule has 4 nitrogen and oxygen atoms in total. The van der Waals surface area contributed by atoms with Crippen LogP contribution >= 0.6 is 11.6 Å². The minimum Gasteiger partial charge on any atom is -0.341 e. The monoisotopic (exact) mass is 322 g/mol. The fourth-order valence-electron chi connectivity index (χ4n) is 2.73. The molecule has 2 amide bonds. The zero-order chi connectivity index (χ0) is 16.3. The number of hydrogen-bond acceptors (Lipinski definition) is 2. The molecule has 1 aliphatic heterocycles. The highest BCUT2D eigenvalue weighted by atomic mass is 35.5. The van der Waals surface area contributed by atoms with E-state index in [1.165, 1.54) is 11.8 Å². The summed E-state index contributed by atoms with van der Waals surface area (Å²) in [4.78, 5) is 27.9. The van der Waals surface area contributed by atoms with Gasteiger partial charge in [0.2, 0.25) is 11.8 Å². The van der Waals surface area contributed by atoms with Crippen molar-refractivity contribution in [2.75, 3.05) is 24.5 Å². The van der Waals surface area contributed by atoms with Gasteiger partial charge in [0.25, 0.3) is 0 Å². The quantitative estimate of drug-likeness (QED) is 0.857. The van der Waals surface area contributed by atoms with Crippen LogP contribution in [-0.2, 0) is 9.59 Å².